The first kappa shape index (κ1) is 7.99. The van der Waals surface area contributed by atoms with Gasteiger partial charge in [-0.15, -0.1) is 0 Å². The Balaban J connectivity index is 2.36. The quantitative estimate of drug-likeness (QED) is 0.573. The van der Waals surface area contributed by atoms with Crippen LogP contribution in [0.25, 0.3) is 0 Å². The number of hydrogen-bond donors (Lipinski definition) is 0. The molecule has 0 aromatic carbocycles. The molecule has 0 aliphatic carbocycles. The molecule has 1 saturated heterocycles. The number of nitrogens with zero attached hydrogens (tertiary/aromatic N) is 1. The van der Waals surface area contributed by atoms with Gasteiger partial charge in [0.15, 0.2) is 0 Å². The van der Waals surface area contributed by atoms with Gasteiger partial charge in [0.1, 0.15) is 6.17 Å². The van der Waals surface area contributed by atoms with Crippen molar-refractivity contribution in [3.05, 3.63) is 0 Å². The van der Waals surface area contributed by atoms with Gasteiger partial charge in [-0.1, -0.05) is 0 Å². The van der Waals surface area contributed by atoms with E-state index in [1.807, 2.05) is 0 Å². The lowest BCUT2D eigenvalue weighted by Gasteiger charge is -2.44. The monoisotopic (exact) mass is 145 g/mol. The molecule has 0 radical (unpaired) electrons. The third-order valence-electron chi connectivity index (χ3n) is 2.30. The van der Waals surface area contributed by atoms with E-state index in [1.54, 1.807) is 6.92 Å². The third kappa shape index (κ3) is 1.31. The molecule has 1 nitrogen and oxygen atoms in total. The van der Waals surface area contributed by atoms with Crippen LogP contribution in [-0.4, -0.2) is 29.7 Å². The number of rotatable bonds is 2. The zero-order chi connectivity index (χ0) is 7.72. The molecule has 0 spiro atoms. The smallest absolute Gasteiger partial charge is 0.113 e. The van der Waals surface area contributed by atoms with Gasteiger partial charge >= 0.3 is 0 Å². The Bertz CT molecular complexity index is 97.8. The molecule has 10 heavy (non-hydrogen) atoms. The van der Waals surface area contributed by atoms with Crippen LogP contribution in [0.1, 0.15) is 27.2 Å². The molecule has 1 aliphatic rings. The predicted molar refractivity (Wildman–Crippen MR) is 40.8 cm³/mol. The molecule has 0 bridgehead atoms. The standard InChI is InChI=1S/C8H16FN/c1-6(2)10-5-4-8(10)7(3)9/h6-8H,4-5H2,1-3H3/t7?,8-/m0/s1. The summed E-state index contributed by atoms with van der Waals surface area (Å²) in [4.78, 5) is 2.21. The molecule has 60 valence electrons. The molecule has 2 atom stereocenters. The molecular formula is C8H16FN. The van der Waals surface area contributed by atoms with Crippen molar-refractivity contribution in [1.29, 1.82) is 0 Å². The van der Waals surface area contributed by atoms with Crippen LogP contribution in [0.3, 0.4) is 0 Å². The Hall–Kier alpha value is -0.110. The van der Waals surface area contributed by atoms with E-state index >= 15 is 0 Å². The third-order valence-corrected chi connectivity index (χ3v) is 2.30. The molecular weight excluding hydrogens is 129 g/mol. The first-order valence-electron chi connectivity index (χ1n) is 4.02. The average molecular weight is 145 g/mol. The molecule has 1 unspecified atom stereocenters. The van der Waals surface area contributed by atoms with E-state index in [4.69, 9.17) is 0 Å². The predicted octanol–water partition coefficient (Wildman–Crippen LogP) is 1.83. The summed E-state index contributed by atoms with van der Waals surface area (Å²) < 4.78 is 12.7. The van der Waals surface area contributed by atoms with Crippen molar-refractivity contribution in [3.8, 4) is 0 Å². The second-order valence-corrected chi connectivity index (χ2v) is 3.37. The van der Waals surface area contributed by atoms with E-state index < -0.39 is 6.17 Å². The molecule has 0 saturated carbocycles. The summed E-state index contributed by atoms with van der Waals surface area (Å²) in [6, 6.07) is 0.719. The fraction of sp³-hybridized carbons (Fsp3) is 1.00. The summed E-state index contributed by atoms with van der Waals surface area (Å²) in [5, 5.41) is 0. The average Bonchev–Trinajstić information content (AvgIpc) is 1.56. The van der Waals surface area contributed by atoms with Gasteiger partial charge in [0.05, 0.1) is 0 Å². The van der Waals surface area contributed by atoms with Crippen molar-refractivity contribution in [2.24, 2.45) is 0 Å². The van der Waals surface area contributed by atoms with Crippen molar-refractivity contribution in [1.82, 2.24) is 4.90 Å². The summed E-state index contributed by atoms with van der Waals surface area (Å²) in [5.74, 6) is 0. The number of alkyl halides is 1. The fourth-order valence-corrected chi connectivity index (χ4v) is 1.56. The van der Waals surface area contributed by atoms with Crippen LogP contribution in [-0.2, 0) is 0 Å². The summed E-state index contributed by atoms with van der Waals surface area (Å²) in [6.45, 7) is 6.97. The van der Waals surface area contributed by atoms with Crippen molar-refractivity contribution in [2.45, 2.75) is 45.4 Å². The van der Waals surface area contributed by atoms with Crippen molar-refractivity contribution >= 4 is 0 Å². The van der Waals surface area contributed by atoms with Gasteiger partial charge in [0.2, 0.25) is 0 Å². The van der Waals surface area contributed by atoms with Gasteiger partial charge in [0.25, 0.3) is 0 Å². The largest absolute Gasteiger partial charge is 0.295 e. The minimum absolute atomic E-state index is 0.208. The maximum absolute atomic E-state index is 12.7. The lowest BCUT2D eigenvalue weighted by molar-refractivity contribution is 0.00832. The van der Waals surface area contributed by atoms with Crippen molar-refractivity contribution in [2.75, 3.05) is 6.54 Å². The fourth-order valence-electron chi connectivity index (χ4n) is 1.56. The summed E-state index contributed by atoms with van der Waals surface area (Å²) >= 11 is 0. The Kier molecular flexibility index (Phi) is 2.29. The highest BCUT2D eigenvalue weighted by molar-refractivity contribution is 4.88. The highest BCUT2D eigenvalue weighted by Gasteiger charge is 2.33. The molecule has 1 aliphatic heterocycles. The molecule has 0 aromatic rings. The molecule has 1 heterocycles. The number of halogens is 1. The molecule has 2 heteroatoms. The van der Waals surface area contributed by atoms with Crippen LogP contribution < -0.4 is 0 Å². The van der Waals surface area contributed by atoms with Gasteiger partial charge in [0, 0.05) is 18.6 Å². The number of likely N-dealkylation sites (tertiary alicyclic amines) is 1. The molecule has 1 fully saturated rings. The van der Waals surface area contributed by atoms with E-state index in [2.05, 4.69) is 18.7 Å². The Morgan fingerprint density at radius 2 is 2.00 bits per heavy atom. The SMILES string of the molecule is CC(F)[C@@H]1CCN1C(C)C. The van der Waals surface area contributed by atoms with Crippen LogP contribution in [0.4, 0.5) is 4.39 Å². The van der Waals surface area contributed by atoms with E-state index in [0.717, 1.165) is 13.0 Å². The Morgan fingerprint density at radius 3 is 2.10 bits per heavy atom. The van der Waals surface area contributed by atoms with Crippen LogP contribution in [0.2, 0.25) is 0 Å². The molecule has 0 amide bonds. The van der Waals surface area contributed by atoms with Gasteiger partial charge in [-0.25, -0.2) is 4.39 Å². The highest BCUT2D eigenvalue weighted by atomic mass is 19.1. The summed E-state index contributed by atoms with van der Waals surface area (Å²) in [7, 11) is 0. The van der Waals surface area contributed by atoms with Crippen molar-refractivity contribution < 1.29 is 4.39 Å². The molecule has 0 aromatic heterocycles. The van der Waals surface area contributed by atoms with E-state index in [0.29, 0.717) is 6.04 Å². The van der Waals surface area contributed by atoms with Crippen molar-refractivity contribution in [3.63, 3.8) is 0 Å². The summed E-state index contributed by atoms with van der Waals surface area (Å²) in [5.41, 5.74) is 0. The number of hydrogen-bond acceptors (Lipinski definition) is 1. The zero-order valence-corrected chi connectivity index (χ0v) is 6.97. The maximum Gasteiger partial charge on any atom is 0.113 e. The van der Waals surface area contributed by atoms with Crippen LogP contribution >= 0.6 is 0 Å². The van der Waals surface area contributed by atoms with Crippen LogP contribution in [0.5, 0.6) is 0 Å². The molecule has 0 N–H and O–H groups in total. The zero-order valence-electron chi connectivity index (χ0n) is 6.97. The summed E-state index contributed by atoms with van der Waals surface area (Å²) in [6.07, 6.45) is 0.381. The maximum atomic E-state index is 12.7. The second kappa shape index (κ2) is 2.87. The normalized spacial score (nSPS) is 30.3. The minimum atomic E-state index is -0.656. The van der Waals surface area contributed by atoms with Gasteiger partial charge in [-0.2, -0.15) is 0 Å². The first-order chi connectivity index (χ1) is 4.63. The first-order valence-corrected chi connectivity index (χ1v) is 4.02. The topological polar surface area (TPSA) is 3.24 Å². The van der Waals surface area contributed by atoms with E-state index in [1.165, 1.54) is 0 Å². The van der Waals surface area contributed by atoms with Crippen LogP contribution in [0, 0.1) is 0 Å². The highest BCUT2D eigenvalue weighted by Crippen LogP contribution is 2.24. The lowest BCUT2D eigenvalue weighted by atomic mass is 9.97. The van der Waals surface area contributed by atoms with E-state index in [9.17, 15) is 4.39 Å². The molecule has 1 rings (SSSR count). The van der Waals surface area contributed by atoms with Gasteiger partial charge in [-0.3, -0.25) is 4.90 Å². The Labute approximate surface area is 62.2 Å². The Morgan fingerprint density at radius 1 is 1.40 bits per heavy atom. The van der Waals surface area contributed by atoms with Gasteiger partial charge in [-0.05, 0) is 27.2 Å². The van der Waals surface area contributed by atoms with Gasteiger partial charge < -0.3 is 0 Å². The van der Waals surface area contributed by atoms with E-state index in [-0.39, 0.29) is 6.04 Å². The second-order valence-electron chi connectivity index (χ2n) is 3.37. The van der Waals surface area contributed by atoms with Crippen LogP contribution in [0.15, 0.2) is 0 Å². The lowest BCUT2D eigenvalue weighted by Crippen LogP contribution is -2.55. The minimum Gasteiger partial charge on any atom is -0.295 e.